The lowest BCUT2D eigenvalue weighted by molar-refractivity contribution is 0.0697. The molecule has 0 aliphatic heterocycles. The molecule has 21 heavy (non-hydrogen) atoms. The lowest BCUT2D eigenvalue weighted by atomic mass is 10.3. The Morgan fingerprint density at radius 2 is 2.10 bits per heavy atom. The molecule has 0 saturated carbocycles. The molecule has 0 aliphatic rings. The topological polar surface area (TPSA) is 97.0 Å². The fourth-order valence-corrected chi connectivity index (χ4v) is 1.84. The molecule has 3 rings (SSSR count). The summed E-state index contributed by atoms with van der Waals surface area (Å²) in [5.74, 6) is -0.259. The predicted molar refractivity (Wildman–Crippen MR) is 72.4 cm³/mol. The maximum absolute atomic E-state index is 10.9. The van der Waals surface area contributed by atoms with Gasteiger partial charge in [-0.3, -0.25) is 0 Å². The monoisotopic (exact) mass is 285 g/mol. The van der Waals surface area contributed by atoms with Gasteiger partial charge in [0.05, 0.1) is 5.56 Å². The summed E-state index contributed by atoms with van der Waals surface area (Å²) in [6.45, 7) is 0.0711. The third kappa shape index (κ3) is 2.62. The third-order valence-electron chi connectivity index (χ3n) is 2.85. The standard InChI is InChI=1S/C14H11N3O4/c18-10-3-1-2-4-11(10)21-8-12-15-13-7-9(14(19)20)5-6-17(13)16-12/h1-7,18H,8H2,(H,19,20). The number of para-hydroxylation sites is 2. The molecule has 7 nitrogen and oxygen atoms in total. The highest BCUT2D eigenvalue weighted by atomic mass is 16.5. The number of nitrogens with zero attached hydrogens (tertiary/aromatic N) is 3. The first-order valence-corrected chi connectivity index (χ1v) is 6.13. The number of rotatable bonds is 4. The van der Waals surface area contributed by atoms with E-state index in [1.807, 2.05) is 0 Å². The van der Waals surface area contributed by atoms with Crippen LogP contribution in [0.5, 0.6) is 11.5 Å². The van der Waals surface area contributed by atoms with Crippen LogP contribution in [0.2, 0.25) is 0 Å². The largest absolute Gasteiger partial charge is 0.504 e. The SMILES string of the molecule is O=C(O)c1ccn2nc(COc3ccccc3O)nc2c1. The number of benzene rings is 1. The molecule has 0 bridgehead atoms. The highest BCUT2D eigenvalue weighted by Crippen LogP contribution is 2.24. The van der Waals surface area contributed by atoms with E-state index in [-0.39, 0.29) is 17.9 Å². The molecule has 2 heterocycles. The summed E-state index contributed by atoms with van der Waals surface area (Å²) in [6.07, 6.45) is 1.52. The Morgan fingerprint density at radius 1 is 1.29 bits per heavy atom. The number of aromatic hydroxyl groups is 1. The predicted octanol–water partition coefficient (Wildman–Crippen LogP) is 1.71. The molecule has 0 amide bonds. The van der Waals surface area contributed by atoms with Crippen LogP contribution in [0.3, 0.4) is 0 Å². The molecule has 0 spiro atoms. The van der Waals surface area contributed by atoms with Crippen LogP contribution in [-0.2, 0) is 6.61 Å². The molecular formula is C14H11N3O4. The lowest BCUT2D eigenvalue weighted by Crippen LogP contribution is -1.98. The number of carbonyl (C=O) groups is 1. The Labute approximate surface area is 119 Å². The molecule has 3 aromatic rings. The number of aromatic nitrogens is 3. The number of phenols is 1. The van der Waals surface area contributed by atoms with E-state index in [0.717, 1.165) is 0 Å². The van der Waals surface area contributed by atoms with Crippen molar-refractivity contribution in [3.63, 3.8) is 0 Å². The van der Waals surface area contributed by atoms with Gasteiger partial charge in [0, 0.05) is 6.20 Å². The third-order valence-corrected chi connectivity index (χ3v) is 2.85. The summed E-state index contributed by atoms with van der Waals surface area (Å²) in [5.41, 5.74) is 0.564. The smallest absolute Gasteiger partial charge is 0.335 e. The van der Waals surface area contributed by atoms with Gasteiger partial charge in [0.15, 0.2) is 23.0 Å². The van der Waals surface area contributed by atoms with Gasteiger partial charge in [0.1, 0.15) is 6.61 Å². The van der Waals surface area contributed by atoms with E-state index in [0.29, 0.717) is 17.2 Å². The Kier molecular flexibility index (Phi) is 3.15. The summed E-state index contributed by atoms with van der Waals surface area (Å²) in [7, 11) is 0. The minimum Gasteiger partial charge on any atom is -0.504 e. The van der Waals surface area contributed by atoms with Crippen LogP contribution in [0.25, 0.3) is 5.65 Å². The maximum Gasteiger partial charge on any atom is 0.335 e. The molecule has 0 unspecified atom stereocenters. The van der Waals surface area contributed by atoms with E-state index in [9.17, 15) is 9.90 Å². The number of fused-ring (bicyclic) bond motifs is 1. The summed E-state index contributed by atoms with van der Waals surface area (Å²) >= 11 is 0. The van der Waals surface area contributed by atoms with Crippen molar-refractivity contribution < 1.29 is 19.7 Å². The highest BCUT2D eigenvalue weighted by molar-refractivity contribution is 5.88. The maximum atomic E-state index is 10.9. The highest BCUT2D eigenvalue weighted by Gasteiger charge is 2.09. The van der Waals surface area contributed by atoms with Gasteiger partial charge in [-0.1, -0.05) is 12.1 Å². The summed E-state index contributed by atoms with van der Waals surface area (Å²) < 4.78 is 6.89. The molecule has 2 aromatic heterocycles. The number of carboxylic acid groups (broad SMARTS) is 1. The zero-order valence-electron chi connectivity index (χ0n) is 10.8. The second-order valence-corrected chi connectivity index (χ2v) is 4.31. The fraction of sp³-hybridized carbons (Fsp3) is 0.0714. The minimum atomic E-state index is -1.02. The number of pyridine rings is 1. The Hall–Kier alpha value is -3.09. The molecule has 0 aliphatic carbocycles. The molecule has 7 heteroatoms. The van der Waals surface area contributed by atoms with Crippen molar-refractivity contribution in [2.75, 3.05) is 0 Å². The van der Waals surface area contributed by atoms with Crippen molar-refractivity contribution in [2.45, 2.75) is 6.61 Å². The zero-order chi connectivity index (χ0) is 14.8. The van der Waals surface area contributed by atoms with Crippen molar-refractivity contribution in [1.82, 2.24) is 14.6 Å². The van der Waals surface area contributed by atoms with Crippen molar-refractivity contribution in [3.05, 3.63) is 54.0 Å². The number of aromatic carboxylic acids is 1. The van der Waals surface area contributed by atoms with Gasteiger partial charge in [-0.15, -0.1) is 5.10 Å². The van der Waals surface area contributed by atoms with Crippen molar-refractivity contribution in [2.24, 2.45) is 0 Å². The molecule has 1 aromatic carbocycles. The van der Waals surface area contributed by atoms with Gasteiger partial charge in [-0.05, 0) is 24.3 Å². The van der Waals surface area contributed by atoms with Crippen LogP contribution in [-0.4, -0.2) is 30.8 Å². The first kappa shape index (κ1) is 12.9. The van der Waals surface area contributed by atoms with E-state index in [1.54, 1.807) is 18.2 Å². The van der Waals surface area contributed by atoms with Gasteiger partial charge >= 0.3 is 5.97 Å². The van der Waals surface area contributed by atoms with Crippen LogP contribution in [0, 0.1) is 0 Å². The number of phenolic OH excluding ortho intramolecular Hbond substituents is 1. The quantitative estimate of drug-likeness (QED) is 0.757. The van der Waals surface area contributed by atoms with E-state index in [1.165, 1.54) is 28.9 Å². The van der Waals surface area contributed by atoms with Crippen LogP contribution >= 0.6 is 0 Å². The minimum absolute atomic E-state index is 0.0365. The summed E-state index contributed by atoms with van der Waals surface area (Å²) in [4.78, 5) is 15.1. The van der Waals surface area contributed by atoms with E-state index in [2.05, 4.69) is 10.1 Å². The first-order valence-electron chi connectivity index (χ1n) is 6.13. The molecule has 0 atom stereocenters. The second kappa shape index (κ2) is 5.12. The van der Waals surface area contributed by atoms with E-state index >= 15 is 0 Å². The number of hydrogen-bond donors (Lipinski definition) is 2. The second-order valence-electron chi connectivity index (χ2n) is 4.31. The number of ether oxygens (including phenoxy) is 1. The van der Waals surface area contributed by atoms with Gasteiger partial charge in [-0.2, -0.15) is 0 Å². The Balaban J connectivity index is 1.82. The van der Waals surface area contributed by atoms with Crippen molar-refractivity contribution >= 4 is 11.6 Å². The number of hydrogen-bond acceptors (Lipinski definition) is 5. The van der Waals surface area contributed by atoms with Crippen LogP contribution in [0.15, 0.2) is 42.6 Å². The average Bonchev–Trinajstić information content (AvgIpc) is 2.88. The van der Waals surface area contributed by atoms with E-state index < -0.39 is 5.97 Å². The van der Waals surface area contributed by atoms with Crippen LogP contribution in [0.1, 0.15) is 16.2 Å². The fourth-order valence-electron chi connectivity index (χ4n) is 1.84. The Bertz CT molecular complexity index is 813. The molecule has 0 fully saturated rings. The molecule has 0 saturated heterocycles. The molecule has 106 valence electrons. The molecular weight excluding hydrogens is 274 g/mol. The normalized spacial score (nSPS) is 10.7. The number of carboxylic acids is 1. The lowest BCUT2D eigenvalue weighted by Gasteiger charge is -2.04. The van der Waals surface area contributed by atoms with Crippen molar-refractivity contribution in [3.8, 4) is 11.5 Å². The zero-order valence-corrected chi connectivity index (χ0v) is 10.8. The molecule has 0 radical (unpaired) electrons. The average molecular weight is 285 g/mol. The Morgan fingerprint density at radius 3 is 2.86 bits per heavy atom. The van der Waals surface area contributed by atoms with Gasteiger partial charge in [0.25, 0.3) is 0 Å². The van der Waals surface area contributed by atoms with Crippen LogP contribution < -0.4 is 4.74 Å². The van der Waals surface area contributed by atoms with Gasteiger partial charge in [-0.25, -0.2) is 14.3 Å². The summed E-state index contributed by atoms with van der Waals surface area (Å²) in [5, 5.41) is 22.7. The molecule has 2 N–H and O–H groups in total. The van der Waals surface area contributed by atoms with E-state index in [4.69, 9.17) is 9.84 Å². The van der Waals surface area contributed by atoms with Crippen molar-refractivity contribution in [1.29, 1.82) is 0 Å². The van der Waals surface area contributed by atoms with Gasteiger partial charge in [0.2, 0.25) is 0 Å². The summed E-state index contributed by atoms with van der Waals surface area (Å²) in [6, 6.07) is 9.46. The first-order chi connectivity index (χ1) is 10.1. The van der Waals surface area contributed by atoms with Crippen LogP contribution in [0.4, 0.5) is 0 Å². The van der Waals surface area contributed by atoms with Gasteiger partial charge < -0.3 is 14.9 Å².